The number of hydrogen-bond acceptors (Lipinski definition) is 5. The molecule has 6 nitrogen and oxygen atoms in total. The molecule has 0 radical (unpaired) electrons. The Morgan fingerprint density at radius 1 is 1.09 bits per heavy atom. The van der Waals surface area contributed by atoms with Gasteiger partial charge < -0.3 is 19.8 Å². The number of benzene rings is 3. The minimum atomic E-state index is -0.910. The predicted molar refractivity (Wildman–Crippen MR) is 128 cm³/mol. The van der Waals surface area contributed by atoms with Crippen molar-refractivity contribution in [2.75, 3.05) is 7.11 Å². The number of phenolic OH excluding ortho intramolecular Hbond substituents is 1. The van der Waals surface area contributed by atoms with Crippen molar-refractivity contribution >= 4 is 45.0 Å². The van der Waals surface area contributed by atoms with E-state index in [0.717, 1.165) is 5.56 Å². The molecular weight excluding hydrogens is 510 g/mol. The topological polar surface area (TPSA) is 87.1 Å². The molecule has 1 heterocycles. The van der Waals surface area contributed by atoms with Crippen LogP contribution in [0, 0.1) is 0 Å². The normalized spacial score (nSPS) is 17.4. The van der Waals surface area contributed by atoms with E-state index in [1.807, 2.05) is 30.3 Å². The number of aliphatic hydroxyl groups excluding tert-OH is 1. The van der Waals surface area contributed by atoms with Crippen LogP contribution in [0.1, 0.15) is 22.7 Å². The highest BCUT2D eigenvalue weighted by molar-refractivity contribution is 9.10. The summed E-state index contributed by atoms with van der Waals surface area (Å²) in [7, 11) is 1.40. The van der Waals surface area contributed by atoms with Crippen LogP contribution in [0.3, 0.4) is 0 Å². The number of aliphatic hydroxyl groups is 1. The van der Waals surface area contributed by atoms with Crippen LogP contribution in [0.2, 0.25) is 5.02 Å². The Morgan fingerprint density at radius 3 is 2.39 bits per heavy atom. The van der Waals surface area contributed by atoms with Gasteiger partial charge in [-0.15, -0.1) is 0 Å². The molecule has 1 saturated heterocycles. The summed E-state index contributed by atoms with van der Waals surface area (Å²) in [5.41, 5.74) is 1.60. The molecule has 1 amide bonds. The SMILES string of the molecule is COc1cc(C2C(=C(O)c3ccc(Cl)cc3)C(=O)C(=O)N2Cc2ccccc2)cc(Br)c1O. The molecule has 0 aliphatic carbocycles. The summed E-state index contributed by atoms with van der Waals surface area (Å²) in [5.74, 6) is -1.79. The maximum atomic E-state index is 13.2. The van der Waals surface area contributed by atoms with Crippen LogP contribution in [-0.2, 0) is 16.1 Å². The third-order valence-electron chi connectivity index (χ3n) is 5.44. The van der Waals surface area contributed by atoms with Crippen LogP contribution < -0.4 is 4.74 Å². The van der Waals surface area contributed by atoms with Gasteiger partial charge in [-0.2, -0.15) is 0 Å². The molecule has 0 spiro atoms. The third kappa shape index (κ3) is 4.34. The lowest BCUT2D eigenvalue weighted by molar-refractivity contribution is -0.140. The standard InChI is InChI=1S/C25H19BrClNO5/c1-33-19-12-16(11-18(26)23(19)30)21-20(22(29)15-7-9-17(27)10-8-15)24(31)25(32)28(21)13-14-5-3-2-4-6-14/h2-12,21,29-30H,13H2,1H3. The fourth-order valence-electron chi connectivity index (χ4n) is 3.84. The molecule has 1 unspecified atom stereocenters. The van der Waals surface area contributed by atoms with Gasteiger partial charge in [-0.3, -0.25) is 9.59 Å². The Bertz CT molecular complexity index is 1260. The number of hydrogen-bond donors (Lipinski definition) is 2. The van der Waals surface area contributed by atoms with Crippen molar-refractivity contribution in [3.05, 3.63) is 98.5 Å². The zero-order valence-corrected chi connectivity index (χ0v) is 19.8. The maximum absolute atomic E-state index is 13.2. The molecule has 33 heavy (non-hydrogen) atoms. The van der Waals surface area contributed by atoms with Crippen LogP contribution in [0.25, 0.3) is 5.76 Å². The van der Waals surface area contributed by atoms with Crippen molar-refractivity contribution in [2.45, 2.75) is 12.6 Å². The van der Waals surface area contributed by atoms with E-state index in [9.17, 15) is 19.8 Å². The smallest absolute Gasteiger partial charge is 0.295 e. The van der Waals surface area contributed by atoms with E-state index < -0.39 is 17.7 Å². The van der Waals surface area contributed by atoms with Crippen molar-refractivity contribution < 1.29 is 24.5 Å². The first-order valence-electron chi connectivity index (χ1n) is 9.96. The van der Waals surface area contributed by atoms with Crippen molar-refractivity contribution in [3.63, 3.8) is 0 Å². The van der Waals surface area contributed by atoms with Gasteiger partial charge in [0.15, 0.2) is 11.5 Å². The number of Topliss-reactive ketones (excluding diaryl/α,β-unsaturated/α-hetero) is 1. The van der Waals surface area contributed by atoms with Crippen molar-refractivity contribution in [2.24, 2.45) is 0 Å². The Hall–Kier alpha value is -3.29. The zero-order valence-electron chi connectivity index (χ0n) is 17.5. The second kappa shape index (κ2) is 9.29. The molecule has 0 aromatic heterocycles. The number of likely N-dealkylation sites (tertiary alicyclic amines) is 1. The van der Waals surface area contributed by atoms with Crippen LogP contribution in [0.5, 0.6) is 11.5 Å². The summed E-state index contributed by atoms with van der Waals surface area (Å²) in [6, 6.07) is 17.8. The van der Waals surface area contributed by atoms with Crippen LogP contribution in [0.4, 0.5) is 0 Å². The summed E-state index contributed by atoms with van der Waals surface area (Å²) >= 11 is 9.26. The number of methoxy groups -OCH3 is 1. The van der Waals surface area contributed by atoms with Gasteiger partial charge in [0.05, 0.1) is 23.2 Å². The van der Waals surface area contributed by atoms with E-state index >= 15 is 0 Å². The third-order valence-corrected chi connectivity index (χ3v) is 6.30. The number of amides is 1. The molecular formula is C25H19BrClNO5. The predicted octanol–water partition coefficient (Wildman–Crippen LogP) is 5.44. The number of phenols is 1. The fourth-order valence-corrected chi connectivity index (χ4v) is 4.43. The average Bonchev–Trinajstić information content (AvgIpc) is 3.06. The summed E-state index contributed by atoms with van der Waals surface area (Å²) in [5, 5.41) is 21.8. The van der Waals surface area contributed by atoms with Crippen molar-refractivity contribution in [1.29, 1.82) is 0 Å². The molecule has 1 atom stereocenters. The quantitative estimate of drug-likeness (QED) is 0.262. The van der Waals surface area contributed by atoms with E-state index in [-0.39, 0.29) is 29.4 Å². The highest BCUT2D eigenvalue weighted by atomic mass is 79.9. The Morgan fingerprint density at radius 2 is 1.76 bits per heavy atom. The number of ether oxygens (including phenoxy) is 1. The highest BCUT2D eigenvalue weighted by Gasteiger charge is 2.46. The van der Waals surface area contributed by atoms with Crippen LogP contribution in [0.15, 0.2) is 76.8 Å². The number of carbonyl (C=O) groups is 2. The first-order valence-corrected chi connectivity index (χ1v) is 11.1. The lowest BCUT2D eigenvalue weighted by Gasteiger charge is -2.26. The van der Waals surface area contributed by atoms with E-state index in [0.29, 0.717) is 20.6 Å². The Kier molecular flexibility index (Phi) is 6.44. The molecule has 8 heteroatoms. The lowest BCUT2D eigenvalue weighted by Crippen LogP contribution is -2.29. The first kappa shape index (κ1) is 22.9. The molecule has 1 aliphatic rings. The fraction of sp³-hybridized carbons (Fsp3) is 0.120. The van der Waals surface area contributed by atoms with Gasteiger partial charge in [-0.25, -0.2) is 0 Å². The number of ketones is 1. The largest absolute Gasteiger partial charge is 0.507 e. The summed E-state index contributed by atoms with van der Waals surface area (Å²) in [4.78, 5) is 27.7. The van der Waals surface area contributed by atoms with Gasteiger partial charge in [0.25, 0.3) is 11.7 Å². The number of nitrogens with zero attached hydrogens (tertiary/aromatic N) is 1. The van der Waals surface area contributed by atoms with Crippen molar-refractivity contribution in [1.82, 2.24) is 4.90 Å². The summed E-state index contributed by atoms with van der Waals surface area (Å²) < 4.78 is 5.59. The molecule has 0 bridgehead atoms. The second-order valence-corrected chi connectivity index (χ2v) is 8.76. The van der Waals surface area contributed by atoms with Gasteiger partial charge in [-0.1, -0.05) is 41.9 Å². The monoisotopic (exact) mass is 527 g/mol. The average molecular weight is 529 g/mol. The number of carbonyl (C=O) groups excluding carboxylic acids is 2. The van der Waals surface area contributed by atoms with E-state index in [2.05, 4.69) is 15.9 Å². The second-order valence-electron chi connectivity index (χ2n) is 7.47. The Balaban J connectivity index is 1.92. The Labute approximate surface area is 203 Å². The molecule has 1 fully saturated rings. The zero-order chi connectivity index (χ0) is 23.7. The minimum Gasteiger partial charge on any atom is -0.507 e. The summed E-state index contributed by atoms with van der Waals surface area (Å²) in [6.45, 7) is 0.147. The van der Waals surface area contributed by atoms with Gasteiger partial charge in [-0.05, 0) is 63.5 Å². The number of halogens is 2. The van der Waals surface area contributed by atoms with Crippen LogP contribution >= 0.6 is 27.5 Å². The maximum Gasteiger partial charge on any atom is 0.295 e. The van der Waals surface area contributed by atoms with Gasteiger partial charge in [0.2, 0.25) is 0 Å². The van der Waals surface area contributed by atoms with Gasteiger partial charge in [0.1, 0.15) is 5.76 Å². The van der Waals surface area contributed by atoms with E-state index in [1.54, 1.807) is 36.4 Å². The molecule has 3 aromatic rings. The molecule has 168 valence electrons. The molecule has 0 saturated carbocycles. The van der Waals surface area contributed by atoms with Crippen LogP contribution in [-0.4, -0.2) is 33.9 Å². The number of rotatable bonds is 5. The molecule has 1 aliphatic heterocycles. The minimum absolute atomic E-state index is 0.0575. The van der Waals surface area contributed by atoms with Gasteiger partial charge in [0, 0.05) is 17.1 Å². The highest BCUT2D eigenvalue weighted by Crippen LogP contribution is 2.44. The molecule has 4 rings (SSSR count). The number of aromatic hydroxyl groups is 1. The van der Waals surface area contributed by atoms with E-state index in [1.165, 1.54) is 12.0 Å². The molecule has 3 aromatic carbocycles. The van der Waals surface area contributed by atoms with E-state index in [4.69, 9.17) is 16.3 Å². The molecule has 2 N–H and O–H groups in total. The van der Waals surface area contributed by atoms with Gasteiger partial charge >= 0.3 is 0 Å². The van der Waals surface area contributed by atoms with Crippen molar-refractivity contribution in [3.8, 4) is 11.5 Å². The first-order chi connectivity index (χ1) is 15.8. The summed E-state index contributed by atoms with van der Waals surface area (Å²) in [6.07, 6.45) is 0. The lowest BCUT2D eigenvalue weighted by atomic mass is 9.95.